The van der Waals surface area contributed by atoms with Gasteiger partial charge < -0.3 is 26.0 Å². The average Bonchev–Trinajstić information content (AvgIpc) is 3.17. The van der Waals surface area contributed by atoms with E-state index in [1.807, 2.05) is 25.1 Å². The molecule has 3 aliphatic carbocycles. The van der Waals surface area contributed by atoms with Gasteiger partial charge in [-0.3, -0.25) is 19.6 Å². The highest BCUT2D eigenvalue weighted by molar-refractivity contribution is 6.22. The molecule has 5 rings (SSSR count). The first-order valence-electron chi connectivity index (χ1n) is 10.8. The normalized spacial score (nSPS) is 27.0. The molecule has 34 heavy (non-hydrogen) atoms. The molecule has 2 unspecified atom stereocenters. The molecule has 0 radical (unpaired) electrons. The van der Waals surface area contributed by atoms with Crippen LogP contribution >= 0.6 is 12.4 Å². The molecular weight excluding hydrogens is 462 g/mol. The molecule has 1 amide bonds. The number of amides is 1. The van der Waals surface area contributed by atoms with E-state index >= 15 is 0 Å². The van der Waals surface area contributed by atoms with Gasteiger partial charge in [0.25, 0.3) is 5.91 Å². The summed E-state index contributed by atoms with van der Waals surface area (Å²) < 4.78 is 0. The molecule has 0 saturated heterocycles. The number of phenols is 1. The molecule has 6 N–H and O–H groups in total. The fraction of sp³-hybridized carbons (Fsp3) is 0.435. The number of aliphatic hydroxyl groups is 2. The van der Waals surface area contributed by atoms with E-state index in [-0.39, 0.29) is 29.8 Å². The van der Waals surface area contributed by atoms with Crippen LogP contribution in [0.25, 0.3) is 11.3 Å². The summed E-state index contributed by atoms with van der Waals surface area (Å²) in [5.41, 5.74) is 6.66. The predicted molar refractivity (Wildman–Crippen MR) is 127 cm³/mol. The van der Waals surface area contributed by atoms with Crippen molar-refractivity contribution in [3.8, 4) is 17.0 Å². The van der Waals surface area contributed by atoms with E-state index in [1.54, 1.807) is 25.1 Å². The number of benzene rings is 1. The number of hydrogen-bond donors (Lipinski definition) is 5. The number of ketones is 1. The Morgan fingerprint density at radius 3 is 2.50 bits per heavy atom. The van der Waals surface area contributed by atoms with Gasteiger partial charge in [0.1, 0.15) is 17.1 Å². The molecule has 0 fully saturated rings. The smallest absolute Gasteiger partial charge is 0.255 e. The van der Waals surface area contributed by atoms with Gasteiger partial charge in [-0.1, -0.05) is 0 Å². The van der Waals surface area contributed by atoms with Gasteiger partial charge >= 0.3 is 0 Å². The lowest BCUT2D eigenvalue weighted by molar-refractivity contribution is -0.138. The van der Waals surface area contributed by atoms with Gasteiger partial charge in [-0.05, 0) is 50.6 Å². The topological polar surface area (TPSA) is 156 Å². The Kier molecular flexibility index (Phi) is 5.47. The number of phenolic OH excluding ortho intramolecular Hbond substituents is 1. The molecule has 1 aromatic heterocycles. The van der Waals surface area contributed by atoms with Gasteiger partial charge in [0, 0.05) is 36.8 Å². The predicted octanol–water partition coefficient (Wildman–Crippen LogP) is 0.928. The molecule has 0 aliphatic heterocycles. The molecule has 0 spiro atoms. The molecule has 4 atom stereocenters. The summed E-state index contributed by atoms with van der Waals surface area (Å²) in [5.74, 6) is -3.23. The van der Waals surface area contributed by atoms with E-state index in [1.165, 1.54) is 0 Å². The number of primary amides is 1. The van der Waals surface area contributed by atoms with Crippen LogP contribution in [0.3, 0.4) is 0 Å². The van der Waals surface area contributed by atoms with Gasteiger partial charge in [0.2, 0.25) is 0 Å². The molecule has 10 nitrogen and oxygen atoms in total. The maximum atomic E-state index is 13.2. The molecule has 1 heterocycles. The quantitative estimate of drug-likeness (QED) is 0.398. The lowest BCUT2D eigenvalue weighted by atomic mass is 9.59. The van der Waals surface area contributed by atoms with Crippen LogP contribution in [0.1, 0.15) is 29.2 Å². The molecule has 3 aliphatic rings. The Hall–Kier alpha value is -3.08. The third-order valence-electron chi connectivity index (χ3n) is 7.40. The number of aromatic nitrogens is 2. The highest BCUT2D eigenvalue weighted by atomic mass is 35.5. The van der Waals surface area contributed by atoms with E-state index in [2.05, 4.69) is 10.2 Å². The van der Waals surface area contributed by atoms with Crippen LogP contribution in [0.5, 0.6) is 5.75 Å². The number of Topliss-reactive ketones (excluding diaryl/α,β-unsaturated/α-hetero) is 1. The van der Waals surface area contributed by atoms with Crippen molar-refractivity contribution in [2.75, 3.05) is 33.1 Å². The molecule has 11 heteroatoms. The van der Waals surface area contributed by atoms with Gasteiger partial charge in [0.05, 0.1) is 17.4 Å². The highest BCUT2D eigenvalue weighted by Crippen LogP contribution is 2.58. The van der Waals surface area contributed by atoms with Gasteiger partial charge in [-0.15, -0.1) is 12.4 Å². The van der Waals surface area contributed by atoms with E-state index in [0.29, 0.717) is 29.7 Å². The van der Waals surface area contributed by atoms with Crippen molar-refractivity contribution in [3.63, 3.8) is 0 Å². The minimum Gasteiger partial charge on any atom is -0.508 e. The van der Waals surface area contributed by atoms with Crippen molar-refractivity contribution in [2.24, 2.45) is 11.7 Å². The SMILES string of the molecule is CN(C)c1ccc(O)c2c1CC1CC3[C@H](N(C)C)C(=O)C(C(N)=O)=C(O)[C@@]3(O)c3[nH]nc-2c31.Cl. The zero-order chi connectivity index (χ0) is 24.0. The fourth-order valence-electron chi connectivity index (χ4n) is 6.08. The van der Waals surface area contributed by atoms with Crippen LogP contribution in [0.2, 0.25) is 0 Å². The number of anilines is 1. The minimum absolute atomic E-state index is 0. The number of H-pyrrole nitrogens is 1. The zero-order valence-corrected chi connectivity index (χ0v) is 20.1. The summed E-state index contributed by atoms with van der Waals surface area (Å²) in [7, 11) is 7.23. The first-order valence-corrected chi connectivity index (χ1v) is 10.8. The molecule has 2 aromatic rings. The minimum atomic E-state index is -2.05. The maximum absolute atomic E-state index is 13.2. The number of hydrogen-bond acceptors (Lipinski definition) is 8. The Morgan fingerprint density at radius 1 is 1.24 bits per heavy atom. The second-order valence-electron chi connectivity index (χ2n) is 9.58. The summed E-state index contributed by atoms with van der Waals surface area (Å²) in [4.78, 5) is 28.9. The number of carbonyl (C=O) groups excluding carboxylic acids is 2. The van der Waals surface area contributed by atoms with Crippen LogP contribution < -0.4 is 10.6 Å². The lowest BCUT2D eigenvalue weighted by Crippen LogP contribution is -2.60. The number of fused-ring (bicyclic) bond motifs is 4. The summed E-state index contributed by atoms with van der Waals surface area (Å²) in [6, 6.07) is 2.60. The number of halogens is 1. The number of nitrogens with zero attached hydrogens (tertiary/aromatic N) is 3. The highest BCUT2D eigenvalue weighted by Gasteiger charge is 2.61. The number of carbonyl (C=O) groups is 2. The summed E-state index contributed by atoms with van der Waals surface area (Å²) in [5, 5.41) is 41.0. The largest absolute Gasteiger partial charge is 0.508 e. The second kappa shape index (κ2) is 7.72. The van der Waals surface area contributed by atoms with Gasteiger partial charge in [-0.2, -0.15) is 5.10 Å². The third kappa shape index (κ3) is 2.85. The number of nitrogens with one attached hydrogen (secondary N) is 1. The molecule has 1 aromatic carbocycles. The standard InChI is InChI=1S/C23H27N5O5.ClH/c1-27(2)12-5-6-13(29)15-10(12)7-9-8-11-18(28(3)4)19(30)16(22(24)32)21(31)23(11,33)20-14(9)17(15)25-26-20;/h5-6,9,11,18,29,31,33H,7-8H2,1-4H3,(H2,24,32)(H,25,26);1H/t9?,11?,18-,23-;/m0./s1. The van der Waals surface area contributed by atoms with Crippen LogP contribution in [-0.2, 0) is 21.6 Å². The molecule has 0 saturated carbocycles. The number of rotatable bonds is 3. The van der Waals surface area contributed by atoms with Crippen LogP contribution in [0.4, 0.5) is 5.69 Å². The van der Waals surface area contributed by atoms with Crippen molar-refractivity contribution in [1.29, 1.82) is 0 Å². The van der Waals surface area contributed by atoms with Crippen molar-refractivity contribution in [3.05, 3.63) is 40.3 Å². The number of aromatic hydroxyl groups is 1. The summed E-state index contributed by atoms with van der Waals surface area (Å²) in [6.45, 7) is 0. The van der Waals surface area contributed by atoms with Crippen molar-refractivity contribution < 1.29 is 24.9 Å². The number of nitrogens with two attached hydrogens (primary N) is 1. The van der Waals surface area contributed by atoms with Gasteiger partial charge in [-0.25, -0.2) is 0 Å². The number of likely N-dealkylation sites (N-methyl/N-ethyl adjacent to an activating group) is 1. The second-order valence-corrected chi connectivity index (χ2v) is 9.58. The van der Waals surface area contributed by atoms with Crippen LogP contribution in [-0.4, -0.2) is 76.3 Å². The molecule has 182 valence electrons. The van der Waals surface area contributed by atoms with Crippen molar-refractivity contribution in [1.82, 2.24) is 15.1 Å². The Bertz CT molecular complexity index is 1250. The average molecular weight is 490 g/mol. The summed E-state index contributed by atoms with van der Waals surface area (Å²) in [6.07, 6.45) is 0.924. The Labute approximate surface area is 202 Å². The van der Waals surface area contributed by atoms with E-state index in [0.717, 1.165) is 11.3 Å². The first-order chi connectivity index (χ1) is 15.5. The van der Waals surface area contributed by atoms with Crippen molar-refractivity contribution in [2.45, 2.75) is 30.4 Å². The van der Waals surface area contributed by atoms with Crippen molar-refractivity contribution >= 4 is 29.8 Å². The van der Waals surface area contributed by atoms with E-state index in [9.17, 15) is 24.9 Å². The zero-order valence-electron chi connectivity index (χ0n) is 19.3. The van der Waals surface area contributed by atoms with Crippen LogP contribution in [0.15, 0.2) is 23.5 Å². The Balaban J connectivity index is 0.00000274. The molecular formula is C23H28ClN5O5. The maximum Gasteiger partial charge on any atom is 0.255 e. The number of aliphatic hydroxyl groups excluding tert-OH is 1. The lowest BCUT2D eigenvalue weighted by Gasteiger charge is -2.50. The third-order valence-corrected chi connectivity index (χ3v) is 7.40. The first kappa shape index (κ1) is 24.1. The van der Waals surface area contributed by atoms with E-state index in [4.69, 9.17) is 5.73 Å². The molecule has 0 bridgehead atoms. The van der Waals surface area contributed by atoms with Crippen LogP contribution in [0, 0.1) is 5.92 Å². The fourth-order valence-corrected chi connectivity index (χ4v) is 6.08. The number of aromatic amines is 1. The van der Waals surface area contributed by atoms with Gasteiger partial charge in [0.15, 0.2) is 11.4 Å². The Morgan fingerprint density at radius 2 is 1.91 bits per heavy atom. The van der Waals surface area contributed by atoms with E-state index < -0.39 is 40.6 Å². The summed E-state index contributed by atoms with van der Waals surface area (Å²) >= 11 is 0. The monoisotopic (exact) mass is 489 g/mol.